The minimum atomic E-state index is 0.691. The zero-order chi connectivity index (χ0) is 12.5. The Balaban J connectivity index is 1.84. The number of aromatic amines is 1. The average molecular weight is 239 g/mol. The number of aromatic nitrogens is 1. The molecule has 1 aliphatic carbocycles. The van der Waals surface area contributed by atoms with Gasteiger partial charge in [-0.2, -0.15) is 0 Å². The van der Waals surface area contributed by atoms with Gasteiger partial charge in [0, 0.05) is 17.1 Å². The van der Waals surface area contributed by atoms with E-state index in [2.05, 4.69) is 34.3 Å². The van der Waals surface area contributed by atoms with Crippen LogP contribution in [-0.2, 0) is 0 Å². The number of hydrogen-bond donors (Lipinski definition) is 2. The second kappa shape index (κ2) is 4.47. The van der Waals surface area contributed by atoms with Crippen LogP contribution in [0.4, 0.5) is 5.69 Å². The highest BCUT2D eigenvalue weighted by Gasteiger charge is 2.38. The highest BCUT2D eigenvalue weighted by Crippen LogP contribution is 2.49. The number of nitrogens with one attached hydrogen (secondary N) is 2. The van der Waals surface area contributed by atoms with Crippen LogP contribution in [0.3, 0.4) is 0 Å². The lowest BCUT2D eigenvalue weighted by Gasteiger charge is -2.00. The van der Waals surface area contributed by atoms with E-state index in [1.54, 1.807) is 0 Å². The van der Waals surface area contributed by atoms with E-state index >= 15 is 0 Å². The van der Waals surface area contributed by atoms with Crippen LogP contribution in [0.5, 0.6) is 0 Å². The Morgan fingerprint density at radius 2 is 2.39 bits per heavy atom. The summed E-state index contributed by atoms with van der Waals surface area (Å²) in [5.74, 6) is 1.47. The standard InChI is InChI=1S/C15H17N3/c1-3-17-8-10-6-13(10)14-9-18-15-7-11(16-2)4-5-12(14)15/h4-5,7,9-10,13,17-18H,3,6,8H2,1H3/t10-,13+/m1/s1. The van der Waals surface area contributed by atoms with Crippen LogP contribution in [0, 0.1) is 12.5 Å². The Kier molecular flexibility index (Phi) is 2.81. The van der Waals surface area contributed by atoms with Gasteiger partial charge in [0.2, 0.25) is 0 Å². The zero-order valence-electron chi connectivity index (χ0n) is 10.5. The maximum Gasteiger partial charge on any atom is 0.189 e. The smallest absolute Gasteiger partial charge is 0.189 e. The van der Waals surface area contributed by atoms with Crippen molar-refractivity contribution in [2.45, 2.75) is 19.3 Å². The number of H-pyrrole nitrogens is 1. The summed E-state index contributed by atoms with van der Waals surface area (Å²) in [4.78, 5) is 6.76. The lowest BCUT2D eigenvalue weighted by atomic mass is 10.1. The minimum Gasteiger partial charge on any atom is -0.362 e. The van der Waals surface area contributed by atoms with Crippen LogP contribution >= 0.6 is 0 Å². The Morgan fingerprint density at radius 1 is 1.50 bits per heavy atom. The van der Waals surface area contributed by atoms with Crippen molar-refractivity contribution in [3.8, 4) is 0 Å². The van der Waals surface area contributed by atoms with Crippen molar-refractivity contribution in [1.29, 1.82) is 0 Å². The molecule has 3 heteroatoms. The topological polar surface area (TPSA) is 32.2 Å². The van der Waals surface area contributed by atoms with Crippen molar-refractivity contribution in [3.63, 3.8) is 0 Å². The minimum absolute atomic E-state index is 0.691. The van der Waals surface area contributed by atoms with Gasteiger partial charge < -0.3 is 10.3 Å². The molecule has 2 atom stereocenters. The van der Waals surface area contributed by atoms with Gasteiger partial charge in [0.1, 0.15) is 0 Å². The van der Waals surface area contributed by atoms with E-state index in [4.69, 9.17) is 6.57 Å². The van der Waals surface area contributed by atoms with Crippen LogP contribution in [-0.4, -0.2) is 18.1 Å². The Morgan fingerprint density at radius 3 is 3.17 bits per heavy atom. The molecule has 0 unspecified atom stereocenters. The lowest BCUT2D eigenvalue weighted by Crippen LogP contribution is -2.16. The molecule has 18 heavy (non-hydrogen) atoms. The van der Waals surface area contributed by atoms with Gasteiger partial charge in [0.05, 0.1) is 6.57 Å². The first-order valence-electron chi connectivity index (χ1n) is 6.52. The molecule has 1 saturated carbocycles. The van der Waals surface area contributed by atoms with Crippen molar-refractivity contribution in [3.05, 3.63) is 41.4 Å². The molecule has 0 saturated heterocycles. The molecule has 1 fully saturated rings. The predicted octanol–water partition coefficient (Wildman–Crippen LogP) is 3.43. The molecular formula is C15H17N3. The third-order valence-corrected chi connectivity index (χ3v) is 3.81. The molecule has 1 aromatic carbocycles. The van der Waals surface area contributed by atoms with Gasteiger partial charge in [-0.3, -0.25) is 0 Å². The van der Waals surface area contributed by atoms with Crippen LogP contribution < -0.4 is 5.32 Å². The fourth-order valence-corrected chi connectivity index (χ4v) is 2.70. The summed E-state index contributed by atoms with van der Waals surface area (Å²) in [7, 11) is 0. The van der Waals surface area contributed by atoms with Gasteiger partial charge in [-0.15, -0.1) is 0 Å². The van der Waals surface area contributed by atoms with Gasteiger partial charge in [-0.25, -0.2) is 4.85 Å². The molecule has 0 spiro atoms. The average Bonchev–Trinajstić information content (AvgIpc) is 3.05. The second-order valence-corrected chi connectivity index (χ2v) is 5.00. The predicted molar refractivity (Wildman–Crippen MR) is 74.0 cm³/mol. The summed E-state index contributed by atoms with van der Waals surface area (Å²) < 4.78 is 0. The molecule has 1 heterocycles. The van der Waals surface area contributed by atoms with Crippen molar-refractivity contribution < 1.29 is 0 Å². The first-order valence-corrected chi connectivity index (χ1v) is 6.52. The Bertz CT molecular complexity index is 606. The van der Waals surface area contributed by atoms with Crippen molar-refractivity contribution >= 4 is 16.6 Å². The molecule has 0 aliphatic heterocycles. The third-order valence-electron chi connectivity index (χ3n) is 3.81. The number of rotatable bonds is 4. The monoisotopic (exact) mass is 239 g/mol. The number of hydrogen-bond acceptors (Lipinski definition) is 1. The van der Waals surface area contributed by atoms with E-state index in [1.807, 2.05) is 12.1 Å². The summed E-state index contributed by atoms with van der Waals surface area (Å²) >= 11 is 0. The van der Waals surface area contributed by atoms with Gasteiger partial charge in [-0.05, 0) is 43.0 Å². The summed E-state index contributed by atoms with van der Waals surface area (Å²) in [6.45, 7) is 11.3. The van der Waals surface area contributed by atoms with Gasteiger partial charge in [-0.1, -0.05) is 19.1 Å². The van der Waals surface area contributed by atoms with E-state index in [-0.39, 0.29) is 0 Å². The van der Waals surface area contributed by atoms with E-state index in [1.165, 1.54) is 17.4 Å². The first kappa shape index (κ1) is 11.3. The van der Waals surface area contributed by atoms with E-state index in [9.17, 15) is 0 Å². The quantitative estimate of drug-likeness (QED) is 0.787. The molecule has 3 rings (SSSR count). The zero-order valence-corrected chi connectivity index (χ0v) is 10.5. The number of benzene rings is 1. The summed E-state index contributed by atoms with van der Waals surface area (Å²) in [6.07, 6.45) is 3.40. The molecule has 92 valence electrons. The maximum absolute atomic E-state index is 7.03. The molecule has 1 aliphatic rings. The van der Waals surface area contributed by atoms with Crippen molar-refractivity contribution in [2.24, 2.45) is 5.92 Å². The van der Waals surface area contributed by atoms with E-state index < -0.39 is 0 Å². The van der Waals surface area contributed by atoms with Crippen LogP contribution in [0.2, 0.25) is 0 Å². The lowest BCUT2D eigenvalue weighted by molar-refractivity contribution is 0.650. The van der Waals surface area contributed by atoms with E-state index in [0.717, 1.165) is 24.5 Å². The molecule has 3 nitrogen and oxygen atoms in total. The summed E-state index contributed by atoms with van der Waals surface area (Å²) in [5.41, 5.74) is 3.22. The first-order chi connectivity index (χ1) is 8.83. The second-order valence-electron chi connectivity index (χ2n) is 5.00. The Hall–Kier alpha value is -1.79. The SMILES string of the molecule is [C-]#[N+]c1ccc2c([C@H]3C[C@@H]3CNCC)c[nH]c2c1. The summed E-state index contributed by atoms with van der Waals surface area (Å²) in [5, 5.41) is 4.70. The third kappa shape index (κ3) is 1.89. The maximum atomic E-state index is 7.03. The normalized spacial score (nSPS) is 22.0. The van der Waals surface area contributed by atoms with Crippen LogP contribution in [0.25, 0.3) is 15.7 Å². The fourth-order valence-electron chi connectivity index (χ4n) is 2.70. The van der Waals surface area contributed by atoms with Crippen LogP contribution in [0.15, 0.2) is 24.4 Å². The number of nitrogens with zero attached hydrogens (tertiary/aromatic N) is 1. The number of fused-ring (bicyclic) bond motifs is 1. The fraction of sp³-hybridized carbons (Fsp3) is 0.400. The van der Waals surface area contributed by atoms with Gasteiger partial charge in [0.15, 0.2) is 5.69 Å². The highest BCUT2D eigenvalue weighted by atomic mass is 14.9. The molecular weight excluding hydrogens is 222 g/mol. The molecule has 0 amide bonds. The van der Waals surface area contributed by atoms with Crippen molar-refractivity contribution in [1.82, 2.24) is 10.3 Å². The molecule has 0 bridgehead atoms. The molecule has 1 aromatic heterocycles. The van der Waals surface area contributed by atoms with Crippen LogP contribution in [0.1, 0.15) is 24.8 Å². The largest absolute Gasteiger partial charge is 0.362 e. The van der Waals surface area contributed by atoms with E-state index in [0.29, 0.717) is 11.6 Å². The van der Waals surface area contributed by atoms with Crippen molar-refractivity contribution in [2.75, 3.05) is 13.1 Å². The van der Waals surface area contributed by atoms with Gasteiger partial charge >= 0.3 is 0 Å². The molecule has 0 radical (unpaired) electrons. The Labute approximate surface area is 107 Å². The highest BCUT2D eigenvalue weighted by molar-refractivity contribution is 5.87. The molecule has 2 aromatic rings. The van der Waals surface area contributed by atoms with Gasteiger partial charge in [0.25, 0.3) is 0 Å². The summed E-state index contributed by atoms with van der Waals surface area (Å²) in [6, 6.07) is 5.93. The molecule has 2 N–H and O–H groups in total.